The van der Waals surface area contributed by atoms with E-state index < -0.39 is 0 Å². The Bertz CT molecular complexity index is 3230. The van der Waals surface area contributed by atoms with Crippen molar-refractivity contribution in [1.29, 1.82) is 0 Å². The van der Waals surface area contributed by atoms with Crippen LogP contribution < -0.4 is 4.90 Å². The van der Waals surface area contributed by atoms with Gasteiger partial charge in [0.1, 0.15) is 11.2 Å². The van der Waals surface area contributed by atoms with Crippen molar-refractivity contribution in [1.82, 2.24) is 0 Å². The molecule has 0 atom stereocenters. The van der Waals surface area contributed by atoms with Gasteiger partial charge in [0, 0.05) is 38.9 Å². The zero-order chi connectivity index (χ0) is 35.6. The highest BCUT2D eigenvalue weighted by atomic mass is 16.3. The Morgan fingerprint density at radius 2 is 0.944 bits per heavy atom. The lowest BCUT2D eigenvalue weighted by atomic mass is 9.91. The van der Waals surface area contributed by atoms with Gasteiger partial charge < -0.3 is 9.32 Å². The molecule has 11 rings (SSSR count). The second-order valence-corrected chi connectivity index (χ2v) is 14.0. The minimum Gasteiger partial charge on any atom is -0.455 e. The van der Waals surface area contributed by atoms with Gasteiger partial charge in [-0.1, -0.05) is 158 Å². The SMILES string of the molecule is c1ccc(-c2ccc(N(c3ccc4c(c3)oc3c5ccccc5ccc43)c3ccccc3-c3cc4ccccc4c4ccccc34)c3ccccc23)cc1. The number of rotatable bonds is 5. The average molecular weight is 688 g/mol. The number of furan rings is 1. The highest BCUT2D eigenvalue weighted by Gasteiger charge is 2.23. The molecule has 0 aliphatic heterocycles. The maximum atomic E-state index is 6.79. The first kappa shape index (κ1) is 30.5. The molecule has 0 saturated carbocycles. The zero-order valence-electron chi connectivity index (χ0n) is 29.4. The van der Waals surface area contributed by atoms with Crippen LogP contribution in [0.4, 0.5) is 17.1 Å². The van der Waals surface area contributed by atoms with Crippen LogP contribution in [0.15, 0.2) is 205 Å². The molecule has 0 saturated heterocycles. The molecule has 0 amide bonds. The lowest BCUT2D eigenvalue weighted by Gasteiger charge is -2.30. The van der Waals surface area contributed by atoms with Gasteiger partial charge in [-0.05, 0) is 85.4 Å². The quantitative estimate of drug-likeness (QED) is 0.168. The maximum Gasteiger partial charge on any atom is 0.143 e. The summed E-state index contributed by atoms with van der Waals surface area (Å²) < 4.78 is 6.79. The van der Waals surface area contributed by atoms with E-state index in [2.05, 4.69) is 205 Å². The number of hydrogen-bond acceptors (Lipinski definition) is 2. The van der Waals surface area contributed by atoms with Gasteiger partial charge in [0.2, 0.25) is 0 Å². The van der Waals surface area contributed by atoms with Crippen molar-refractivity contribution < 1.29 is 4.42 Å². The summed E-state index contributed by atoms with van der Waals surface area (Å²) in [5.74, 6) is 0. The molecule has 2 heteroatoms. The third kappa shape index (κ3) is 4.74. The molecule has 0 aliphatic rings. The van der Waals surface area contributed by atoms with Gasteiger partial charge in [0.15, 0.2) is 0 Å². The molecule has 1 heterocycles. The highest BCUT2D eigenvalue weighted by Crippen LogP contribution is 2.48. The number of fused-ring (bicyclic) bond motifs is 9. The predicted molar refractivity (Wildman–Crippen MR) is 229 cm³/mol. The van der Waals surface area contributed by atoms with E-state index >= 15 is 0 Å². The molecule has 54 heavy (non-hydrogen) atoms. The summed E-state index contributed by atoms with van der Waals surface area (Å²) in [5, 5.41) is 11.9. The normalized spacial score (nSPS) is 11.7. The van der Waals surface area contributed by atoms with E-state index in [4.69, 9.17) is 4.42 Å². The van der Waals surface area contributed by atoms with Crippen molar-refractivity contribution in [3.8, 4) is 22.3 Å². The van der Waals surface area contributed by atoms with E-state index in [1.165, 1.54) is 54.4 Å². The van der Waals surface area contributed by atoms with Crippen LogP contribution in [0.2, 0.25) is 0 Å². The number of nitrogens with zero attached hydrogens (tertiary/aromatic N) is 1. The number of anilines is 3. The monoisotopic (exact) mass is 687 g/mol. The standard InChI is InChI=1S/C52H33NO/c1-2-14-34(15-3-1)39-30-31-50(44-23-11-10-21-42(39)44)53(37-27-29-46-47-28-26-35-16-4-7-19-40(35)52(47)54-51(46)33-37)49-25-13-12-24-45(49)48-32-36-17-5-6-18-38(36)41-20-8-9-22-43(41)48/h1-33H. The Balaban J connectivity index is 1.21. The Hall–Kier alpha value is -7.16. The van der Waals surface area contributed by atoms with E-state index in [1.54, 1.807) is 0 Å². The first-order chi connectivity index (χ1) is 26.8. The van der Waals surface area contributed by atoms with Crippen molar-refractivity contribution in [2.24, 2.45) is 0 Å². The van der Waals surface area contributed by atoms with Crippen LogP contribution in [0.1, 0.15) is 0 Å². The lowest BCUT2D eigenvalue weighted by molar-refractivity contribution is 0.672. The van der Waals surface area contributed by atoms with E-state index in [9.17, 15) is 0 Å². The fourth-order valence-corrected chi connectivity index (χ4v) is 8.56. The highest BCUT2D eigenvalue weighted by molar-refractivity contribution is 6.17. The van der Waals surface area contributed by atoms with Crippen LogP contribution in [-0.2, 0) is 0 Å². The van der Waals surface area contributed by atoms with Crippen molar-refractivity contribution in [2.75, 3.05) is 4.90 Å². The molecule has 0 unspecified atom stereocenters. The lowest BCUT2D eigenvalue weighted by Crippen LogP contribution is -2.12. The number of benzene rings is 10. The van der Waals surface area contributed by atoms with Gasteiger partial charge in [-0.2, -0.15) is 0 Å². The maximum absolute atomic E-state index is 6.79. The number of hydrogen-bond donors (Lipinski definition) is 0. The van der Waals surface area contributed by atoms with Crippen molar-refractivity contribution >= 4 is 82.1 Å². The van der Waals surface area contributed by atoms with E-state index in [0.29, 0.717) is 0 Å². The second-order valence-electron chi connectivity index (χ2n) is 14.0. The van der Waals surface area contributed by atoms with Crippen LogP contribution in [0.5, 0.6) is 0 Å². The van der Waals surface area contributed by atoms with Crippen LogP contribution in [0.25, 0.3) is 87.3 Å². The molecular weight excluding hydrogens is 655 g/mol. The summed E-state index contributed by atoms with van der Waals surface area (Å²) in [7, 11) is 0. The Kier molecular flexibility index (Phi) is 6.90. The first-order valence-corrected chi connectivity index (χ1v) is 18.5. The van der Waals surface area contributed by atoms with Gasteiger partial charge in [-0.3, -0.25) is 0 Å². The van der Waals surface area contributed by atoms with Crippen molar-refractivity contribution in [3.05, 3.63) is 200 Å². The van der Waals surface area contributed by atoms with E-state index in [-0.39, 0.29) is 0 Å². The molecule has 0 spiro atoms. The smallest absolute Gasteiger partial charge is 0.143 e. The largest absolute Gasteiger partial charge is 0.455 e. The molecule has 0 fully saturated rings. The second kappa shape index (κ2) is 12.2. The van der Waals surface area contributed by atoms with Gasteiger partial charge in [-0.25, -0.2) is 0 Å². The summed E-state index contributed by atoms with van der Waals surface area (Å²) in [4.78, 5) is 2.43. The molecule has 1 aromatic heterocycles. The molecule has 0 radical (unpaired) electrons. The summed E-state index contributed by atoms with van der Waals surface area (Å²) in [6.45, 7) is 0. The third-order valence-electron chi connectivity index (χ3n) is 11.0. The molecule has 0 N–H and O–H groups in total. The minimum atomic E-state index is 0.864. The van der Waals surface area contributed by atoms with E-state index in [0.717, 1.165) is 50.0 Å². The summed E-state index contributed by atoms with van der Waals surface area (Å²) in [6, 6.07) is 72.3. The molecule has 11 aromatic rings. The van der Waals surface area contributed by atoms with Crippen molar-refractivity contribution in [3.63, 3.8) is 0 Å². The van der Waals surface area contributed by atoms with Crippen LogP contribution in [-0.4, -0.2) is 0 Å². The molecule has 0 bridgehead atoms. The fourth-order valence-electron chi connectivity index (χ4n) is 8.56. The van der Waals surface area contributed by atoms with Crippen LogP contribution in [0, 0.1) is 0 Å². The summed E-state index contributed by atoms with van der Waals surface area (Å²) in [6.07, 6.45) is 0. The van der Waals surface area contributed by atoms with Crippen LogP contribution in [0.3, 0.4) is 0 Å². The zero-order valence-corrected chi connectivity index (χ0v) is 29.4. The summed E-state index contributed by atoms with van der Waals surface area (Å²) >= 11 is 0. The van der Waals surface area contributed by atoms with Gasteiger partial charge >= 0.3 is 0 Å². The Morgan fingerprint density at radius 1 is 0.315 bits per heavy atom. The third-order valence-corrected chi connectivity index (χ3v) is 11.0. The molecule has 10 aromatic carbocycles. The van der Waals surface area contributed by atoms with E-state index in [1.807, 2.05) is 0 Å². The minimum absolute atomic E-state index is 0.864. The molecule has 2 nitrogen and oxygen atoms in total. The first-order valence-electron chi connectivity index (χ1n) is 18.5. The average Bonchev–Trinajstić information content (AvgIpc) is 3.63. The fraction of sp³-hybridized carbons (Fsp3) is 0. The molecule has 252 valence electrons. The summed E-state index contributed by atoms with van der Waals surface area (Å²) in [5.41, 5.74) is 9.78. The van der Waals surface area contributed by atoms with Gasteiger partial charge in [0.25, 0.3) is 0 Å². The van der Waals surface area contributed by atoms with Gasteiger partial charge in [0.05, 0.1) is 11.4 Å². The Labute approximate surface area is 312 Å². The van der Waals surface area contributed by atoms with Crippen molar-refractivity contribution in [2.45, 2.75) is 0 Å². The number of para-hydroxylation sites is 1. The topological polar surface area (TPSA) is 16.4 Å². The Morgan fingerprint density at radius 3 is 1.78 bits per heavy atom. The van der Waals surface area contributed by atoms with Gasteiger partial charge in [-0.15, -0.1) is 0 Å². The van der Waals surface area contributed by atoms with Crippen LogP contribution >= 0.6 is 0 Å². The molecular formula is C52H33NO. The predicted octanol–water partition coefficient (Wildman–Crippen LogP) is 15.0. The molecule has 0 aliphatic carbocycles.